The van der Waals surface area contributed by atoms with Gasteiger partial charge in [0.2, 0.25) is 11.8 Å². The minimum absolute atomic E-state index is 0.113. The Labute approximate surface area is 138 Å². The zero-order valence-corrected chi connectivity index (χ0v) is 13.0. The first-order chi connectivity index (χ1) is 11.2. The van der Waals surface area contributed by atoms with Crippen LogP contribution in [0.25, 0.3) is 0 Å². The van der Waals surface area contributed by atoms with Crippen LogP contribution >= 0.6 is 11.6 Å². The highest BCUT2D eigenvalue weighted by molar-refractivity contribution is 6.30. The molecular formula is C16H16ClN3O3. The summed E-state index contributed by atoms with van der Waals surface area (Å²) in [5.74, 6) is 0.962. The van der Waals surface area contributed by atoms with E-state index in [1.807, 2.05) is 0 Å². The van der Waals surface area contributed by atoms with Gasteiger partial charge in [0.1, 0.15) is 11.8 Å². The molecule has 3 rings (SSSR count). The van der Waals surface area contributed by atoms with Crippen molar-refractivity contribution in [2.75, 3.05) is 25.1 Å². The largest absolute Gasteiger partial charge is 0.439 e. The highest BCUT2D eigenvalue weighted by Crippen LogP contribution is 2.22. The molecule has 0 radical (unpaired) electrons. The molecule has 2 aromatic rings. The molecule has 1 fully saturated rings. The summed E-state index contributed by atoms with van der Waals surface area (Å²) in [5.41, 5.74) is 0.693. The average Bonchev–Trinajstić information content (AvgIpc) is 2.59. The number of carbonyl (C=O) groups excluding carboxylic acids is 1. The van der Waals surface area contributed by atoms with Crippen LogP contribution in [-0.4, -0.2) is 36.7 Å². The quantitative estimate of drug-likeness (QED) is 0.899. The van der Waals surface area contributed by atoms with Gasteiger partial charge in [-0.15, -0.1) is 0 Å². The third-order valence-corrected chi connectivity index (χ3v) is 3.51. The molecular weight excluding hydrogens is 318 g/mol. The smallest absolute Gasteiger partial charge is 0.243 e. The Morgan fingerprint density at radius 2 is 2.13 bits per heavy atom. The lowest BCUT2D eigenvalue weighted by atomic mass is 10.2. The van der Waals surface area contributed by atoms with E-state index in [1.54, 1.807) is 36.4 Å². The van der Waals surface area contributed by atoms with E-state index in [0.29, 0.717) is 42.1 Å². The van der Waals surface area contributed by atoms with Gasteiger partial charge in [-0.05, 0) is 30.3 Å². The van der Waals surface area contributed by atoms with Gasteiger partial charge in [-0.25, -0.2) is 4.98 Å². The Morgan fingerprint density at radius 1 is 1.30 bits per heavy atom. The fourth-order valence-electron chi connectivity index (χ4n) is 2.11. The van der Waals surface area contributed by atoms with Gasteiger partial charge in [-0.2, -0.15) is 0 Å². The van der Waals surface area contributed by atoms with Crippen LogP contribution in [0.5, 0.6) is 11.6 Å². The topological polar surface area (TPSA) is 72.5 Å². The van der Waals surface area contributed by atoms with E-state index in [9.17, 15) is 4.79 Å². The summed E-state index contributed by atoms with van der Waals surface area (Å²) in [4.78, 5) is 16.1. The van der Waals surface area contributed by atoms with Crippen LogP contribution in [0.1, 0.15) is 0 Å². The molecule has 6 nitrogen and oxygen atoms in total. The first kappa shape index (κ1) is 15.7. The third kappa shape index (κ3) is 4.41. The van der Waals surface area contributed by atoms with Crippen LogP contribution in [0.3, 0.4) is 0 Å². The number of amides is 1. The summed E-state index contributed by atoms with van der Waals surface area (Å²) in [6.45, 7) is 1.70. The van der Waals surface area contributed by atoms with Crippen molar-refractivity contribution in [2.45, 2.75) is 6.04 Å². The number of pyridine rings is 1. The van der Waals surface area contributed by atoms with Crippen molar-refractivity contribution < 1.29 is 14.3 Å². The Morgan fingerprint density at radius 3 is 2.78 bits per heavy atom. The third-order valence-electron chi connectivity index (χ3n) is 3.28. The molecule has 7 heteroatoms. The Kier molecular flexibility index (Phi) is 5.07. The second kappa shape index (κ2) is 7.41. The number of benzene rings is 1. The maximum atomic E-state index is 12.1. The predicted molar refractivity (Wildman–Crippen MR) is 87.0 cm³/mol. The average molecular weight is 334 g/mol. The molecule has 1 unspecified atom stereocenters. The minimum Gasteiger partial charge on any atom is -0.439 e. The van der Waals surface area contributed by atoms with Crippen molar-refractivity contribution in [3.8, 4) is 11.6 Å². The maximum absolute atomic E-state index is 12.1. The van der Waals surface area contributed by atoms with Crippen molar-refractivity contribution in [3.63, 3.8) is 0 Å². The fourth-order valence-corrected chi connectivity index (χ4v) is 2.22. The van der Waals surface area contributed by atoms with Crippen LogP contribution in [0.15, 0.2) is 42.6 Å². The molecule has 0 aliphatic carbocycles. The molecule has 1 aromatic carbocycles. The van der Waals surface area contributed by atoms with E-state index in [4.69, 9.17) is 21.1 Å². The second-order valence-electron chi connectivity index (χ2n) is 5.01. The molecule has 1 amide bonds. The van der Waals surface area contributed by atoms with Crippen LogP contribution in [0.4, 0.5) is 5.69 Å². The number of hydrogen-bond acceptors (Lipinski definition) is 5. The summed E-state index contributed by atoms with van der Waals surface area (Å²) in [5, 5.41) is 6.50. The monoisotopic (exact) mass is 333 g/mol. The number of nitrogens with one attached hydrogen (secondary N) is 2. The standard InChI is InChI=1S/C16H16ClN3O3/c17-11-1-6-15(19-9-11)23-13-4-2-12(3-5-13)20-16(21)14-10-22-8-7-18-14/h1-6,9,14,18H,7-8,10H2,(H,20,21). The highest BCUT2D eigenvalue weighted by Gasteiger charge is 2.20. The maximum Gasteiger partial charge on any atom is 0.243 e. The van der Waals surface area contributed by atoms with Crippen molar-refractivity contribution in [2.24, 2.45) is 0 Å². The molecule has 2 N–H and O–H groups in total. The zero-order chi connectivity index (χ0) is 16.1. The van der Waals surface area contributed by atoms with Gasteiger partial charge in [-0.1, -0.05) is 11.6 Å². The molecule has 1 aliphatic rings. The Bertz CT molecular complexity index is 655. The SMILES string of the molecule is O=C(Nc1ccc(Oc2ccc(Cl)cn2)cc1)C1COCCN1. The molecule has 0 saturated carbocycles. The van der Waals surface area contributed by atoms with Crippen LogP contribution < -0.4 is 15.4 Å². The lowest BCUT2D eigenvalue weighted by Gasteiger charge is -2.22. The Balaban J connectivity index is 1.58. The normalized spacial score (nSPS) is 17.5. The molecule has 120 valence electrons. The minimum atomic E-state index is -0.321. The number of carbonyl (C=O) groups is 1. The summed E-state index contributed by atoms with van der Waals surface area (Å²) < 4.78 is 10.9. The molecule has 1 aromatic heterocycles. The van der Waals surface area contributed by atoms with Crippen molar-refractivity contribution in [3.05, 3.63) is 47.6 Å². The van der Waals surface area contributed by atoms with Crippen LogP contribution in [0, 0.1) is 0 Å². The van der Waals surface area contributed by atoms with Gasteiger partial charge in [0, 0.05) is 24.5 Å². The first-order valence-electron chi connectivity index (χ1n) is 7.22. The number of ether oxygens (including phenoxy) is 2. The van der Waals surface area contributed by atoms with Crippen molar-refractivity contribution >= 4 is 23.2 Å². The van der Waals surface area contributed by atoms with E-state index in [-0.39, 0.29) is 11.9 Å². The number of halogens is 1. The van der Waals surface area contributed by atoms with Crippen LogP contribution in [-0.2, 0) is 9.53 Å². The molecule has 1 atom stereocenters. The number of morpholine rings is 1. The van der Waals surface area contributed by atoms with E-state index >= 15 is 0 Å². The van der Waals surface area contributed by atoms with Crippen molar-refractivity contribution in [1.29, 1.82) is 0 Å². The lowest BCUT2D eigenvalue weighted by Crippen LogP contribution is -2.48. The predicted octanol–water partition coefficient (Wildman–Crippen LogP) is 2.45. The van der Waals surface area contributed by atoms with Gasteiger partial charge in [0.25, 0.3) is 0 Å². The van der Waals surface area contributed by atoms with Gasteiger partial charge in [0.05, 0.1) is 18.2 Å². The molecule has 2 heterocycles. The molecule has 0 spiro atoms. The van der Waals surface area contributed by atoms with E-state index < -0.39 is 0 Å². The van der Waals surface area contributed by atoms with Crippen molar-refractivity contribution in [1.82, 2.24) is 10.3 Å². The van der Waals surface area contributed by atoms with Gasteiger partial charge < -0.3 is 20.1 Å². The highest BCUT2D eigenvalue weighted by atomic mass is 35.5. The summed E-state index contributed by atoms with van der Waals surface area (Å²) >= 11 is 5.78. The second-order valence-corrected chi connectivity index (χ2v) is 5.45. The number of anilines is 1. The molecule has 23 heavy (non-hydrogen) atoms. The summed E-state index contributed by atoms with van der Waals surface area (Å²) in [6, 6.07) is 10.1. The number of rotatable bonds is 4. The number of nitrogens with zero attached hydrogens (tertiary/aromatic N) is 1. The lowest BCUT2D eigenvalue weighted by molar-refractivity contribution is -0.120. The Hall–Kier alpha value is -2.15. The molecule has 0 bridgehead atoms. The van der Waals surface area contributed by atoms with E-state index in [2.05, 4.69) is 15.6 Å². The zero-order valence-electron chi connectivity index (χ0n) is 12.3. The van der Waals surface area contributed by atoms with Gasteiger partial charge >= 0.3 is 0 Å². The molecule has 1 saturated heterocycles. The summed E-state index contributed by atoms with van der Waals surface area (Å²) in [7, 11) is 0. The molecule has 1 aliphatic heterocycles. The summed E-state index contributed by atoms with van der Waals surface area (Å²) in [6.07, 6.45) is 1.52. The van der Waals surface area contributed by atoms with E-state index in [1.165, 1.54) is 6.20 Å². The fraction of sp³-hybridized carbons (Fsp3) is 0.250. The first-order valence-corrected chi connectivity index (χ1v) is 7.60. The van der Waals surface area contributed by atoms with E-state index in [0.717, 1.165) is 0 Å². The number of aromatic nitrogens is 1. The number of hydrogen-bond donors (Lipinski definition) is 2. The van der Waals surface area contributed by atoms with Gasteiger partial charge in [-0.3, -0.25) is 4.79 Å². The van der Waals surface area contributed by atoms with Gasteiger partial charge in [0.15, 0.2) is 0 Å². The van der Waals surface area contributed by atoms with Crippen LogP contribution in [0.2, 0.25) is 5.02 Å².